The highest BCUT2D eigenvalue weighted by molar-refractivity contribution is 6.11. The highest BCUT2D eigenvalue weighted by atomic mass is 15.0. The predicted octanol–water partition coefficient (Wildman–Crippen LogP) is 9.79. The molecule has 7 aromatic rings. The van der Waals surface area contributed by atoms with E-state index in [0.29, 0.717) is 16.7 Å². The van der Waals surface area contributed by atoms with Gasteiger partial charge in [0.15, 0.2) is 0 Å². The second-order valence-electron chi connectivity index (χ2n) is 10.5. The van der Waals surface area contributed by atoms with E-state index in [-0.39, 0.29) is 0 Å². The van der Waals surface area contributed by atoms with Gasteiger partial charge in [-0.05, 0) is 43.3 Å². The number of benzene rings is 5. The summed E-state index contributed by atoms with van der Waals surface area (Å²) in [6, 6.07) is 43.7. The minimum absolute atomic E-state index is 0.428. The number of nitriles is 2. The van der Waals surface area contributed by atoms with Gasteiger partial charge in [0.25, 0.3) is 0 Å². The highest BCUT2D eigenvalue weighted by Gasteiger charge is 2.21. The third-order valence-corrected chi connectivity index (χ3v) is 8.15. The van der Waals surface area contributed by atoms with E-state index in [0.717, 1.165) is 60.6 Å². The molecule has 0 unspecified atom stereocenters. The Kier molecular flexibility index (Phi) is 6.24. The minimum atomic E-state index is 0.428. The lowest BCUT2D eigenvalue weighted by Crippen LogP contribution is -2.04. The van der Waals surface area contributed by atoms with Crippen LogP contribution in [-0.4, -0.2) is 9.13 Å². The van der Waals surface area contributed by atoms with Crippen LogP contribution in [0.5, 0.6) is 0 Å². The first kappa shape index (κ1) is 25.8. The lowest BCUT2D eigenvalue weighted by molar-refractivity contribution is 1.15. The van der Waals surface area contributed by atoms with Crippen molar-refractivity contribution in [1.82, 2.24) is 9.13 Å². The van der Waals surface area contributed by atoms with Gasteiger partial charge in [-0.1, -0.05) is 97.6 Å². The number of allylic oxidation sites excluding steroid dienone is 5. The molecule has 0 radical (unpaired) electrons. The number of fused-ring (bicyclic) bond motifs is 6. The third-order valence-electron chi connectivity index (χ3n) is 8.15. The van der Waals surface area contributed by atoms with Crippen LogP contribution in [0.4, 0.5) is 0 Å². The number of para-hydroxylation sites is 5. The quantitative estimate of drug-likeness (QED) is 0.158. The Morgan fingerprint density at radius 2 is 1.14 bits per heavy atom. The third kappa shape index (κ3) is 3.97. The molecule has 0 saturated heterocycles. The largest absolute Gasteiger partial charge is 0.313 e. The van der Waals surface area contributed by atoms with Crippen LogP contribution in [0.3, 0.4) is 0 Å². The van der Waals surface area contributed by atoms with Crippen LogP contribution in [0.1, 0.15) is 18.1 Å². The van der Waals surface area contributed by atoms with Crippen molar-refractivity contribution in [3.05, 3.63) is 151 Å². The Bertz CT molecular complexity index is 2290. The zero-order valence-electron chi connectivity index (χ0n) is 23.6. The van der Waals surface area contributed by atoms with Gasteiger partial charge in [0.1, 0.15) is 6.07 Å². The van der Waals surface area contributed by atoms with Crippen molar-refractivity contribution in [2.75, 3.05) is 0 Å². The Balaban J connectivity index is 1.57. The van der Waals surface area contributed by atoms with Crippen molar-refractivity contribution in [2.24, 2.45) is 0 Å². The first-order chi connectivity index (χ1) is 21.2. The fraction of sp³-hybridized carbons (Fsp3) is 0.0256. The molecule has 0 spiro atoms. The van der Waals surface area contributed by atoms with E-state index in [1.54, 1.807) is 6.08 Å². The molecule has 2 aromatic heterocycles. The molecule has 2 heterocycles. The molecule has 0 aliphatic carbocycles. The number of rotatable bonds is 5. The average molecular weight is 551 g/mol. The number of aromatic nitrogens is 2. The fourth-order valence-corrected chi connectivity index (χ4v) is 6.35. The molecule has 0 atom stereocenters. The van der Waals surface area contributed by atoms with Gasteiger partial charge >= 0.3 is 0 Å². The molecule has 0 N–H and O–H groups in total. The van der Waals surface area contributed by atoms with Gasteiger partial charge in [-0.2, -0.15) is 10.5 Å². The molecular formula is C39H26N4. The minimum Gasteiger partial charge on any atom is -0.313 e. The Labute approximate surface area is 249 Å². The zero-order valence-corrected chi connectivity index (χ0v) is 23.6. The summed E-state index contributed by atoms with van der Waals surface area (Å²) in [5, 5.41) is 25.3. The standard InChI is InChI=1S/C39H26N4/c1-3-27(24-40)34(23-26(2)42-35-19-8-4-14-29(35)30-15-5-9-20-36(30)42)33-18-12-13-28(25-41)39(33)43-37-21-10-6-16-31(37)32-17-7-11-22-38(32)43/h3-23H,1H2,2H3/b26-23+,34-27-. The molecule has 4 nitrogen and oxygen atoms in total. The summed E-state index contributed by atoms with van der Waals surface area (Å²) in [6.07, 6.45) is 3.65. The summed E-state index contributed by atoms with van der Waals surface area (Å²) >= 11 is 0. The topological polar surface area (TPSA) is 57.4 Å². The summed E-state index contributed by atoms with van der Waals surface area (Å²) in [7, 11) is 0. The van der Waals surface area contributed by atoms with Gasteiger partial charge in [-0.25, -0.2) is 0 Å². The molecular weight excluding hydrogens is 524 g/mol. The van der Waals surface area contributed by atoms with E-state index in [9.17, 15) is 10.5 Å². The van der Waals surface area contributed by atoms with Crippen molar-refractivity contribution < 1.29 is 0 Å². The van der Waals surface area contributed by atoms with E-state index >= 15 is 0 Å². The maximum atomic E-state index is 10.4. The first-order valence-electron chi connectivity index (χ1n) is 14.1. The van der Waals surface area contributed by atoms with E-state index in [1.165, 1.54) is 0 Å². The SMILES string of the molecule is C=C/C(C#N)=C(\C=C(/C)n1c2ccccc2c2ccccc21)c1cccc(C#N)c1-n1c2ccccc2c2ccccc21. The van der Waals surface area contributed by atoms with Crippen LogP contribution >= 0.6 is 0 Å². The molecule has 7 rings (SSSR count). The molecule has 0 bridgehead atoms. The van der Waals surface area contributed by atoms with Crippen molar-refractivity contribution >= 4 is 54.9 Å². The second kappa shape index (κ2) is 10.4. The maximum Gasteiger partial charge on any atom is 0.101 e. The predicted molar refractivity (Wildman–Crippen MR) is 178 cm³/mol. The van der Waals surface area contributed by atoms with Crippen LogP contribution < -0.4 is 0 Å². The van der Waals surface area contributed by atoms with Gasteiger partial charge in [-0.3, -0.25) is 0 Å². The van der Waals surface area contributed by atoms with Gasteiger partial charge < -0.3 is 9.13 Å². The van der Waals surface area contributed by atoms with Gasteiger partial charge in [-0.15, -0.1) is 0 Å². The molecule has 0 fully saturated rings. The van der Waals surface area contributed by atoms with Crippen molar-refractivity contribution in [2.45, 2.75) is 6.92 Å². The summed E-state index contributed by atoms with van der Waals surface area (Å²) in [5.41, 5.74) is 8.26. The molecule has 4 heteroatoms. The smallest absolute Gasteiger partial charge is 0.101 e. The van der Waals surface area contributed by atoms with Crippen LogP contribution in [0.25, 0.3) is 60.6 Å². The zero-order chi connectivity index (χ0) is 29.5. The molecule has 5 aromatic carbocycles. The van der Waals surface area contributed by atoms with Crippen LogP contribution in [0.2, 0.25) is 0 Å². The number of hydrogen-bond donors (Lipinski definition) is 0. The van der Waals surface area contributed by atoms with Crippen molar-refractivity contribution in [3.63, 3.8) is 0 Å². The number of hydrogen-bond acceptors (Lipinski definition) is 2. The van der Waals surface area contributed by atoms with E-state index in [2.05, 4.69) is 95.4 Å². The fourth-order valence-electron chi connectivity index (χ4n) is 6.35. The van der Waals surface area contributed by atoms with E-state index < -0.39 is 0 Å². The lowest BCUT2D eigenvalue weighted by atomic mass is 9.95. The molecule has 202 valence electrons. The van der Waals surface area contributed by atoms with Gasteiger partial charge in [0, 0.05) is 38.4 Å². The summed E-state index contributed by atoms with van der Waals surface area (Å²) < 4.78 is 4.39. The van der Waals surface area contributed by atoms with Crippen LogP contribution in [0, 0.1) is 22.7 Å². The summed E-state index contributed by atoms with van der Waals surface area (Å²) in [5.74, 6) is 0. The highest BCUT2D eigenvalue weighted by Crippen LogP contribution is 2.39. The second-order valence-corrected chi connectivity index (χ2v) is 10.5. The van der Waals surface area contributed by atoms with Gasteiger partial charge in [0.05, 0.1) is 45.0 Å². The average Bonchev–Trinajstić information content (AvgIpc) is 3.57. The van der Waals surface area contributed by atoms with Crippen LogP contribution in [-0.2, 0) is 0 Å². The maximum absolute atomic E-state index is 10.4. The summed E-state index contributed by atoms with van der Waals surface area (Å²) in [4.78, 5) is 0. The normalized spacial score (nSPS) is 12.4. The van der Waals surface area contributed by atoms with E-state index in [1.807, 2.05) is 60.7 Å². The van der Waals surface area contributed by atoms with Crippen molar-refractivity contribution in [1.29, 1.82) is 10.5 Å². The van der Waals surface area contributed by atoms with E-state index in [4.69, 9.17) is 0 Å². The molecule has 43 heavy (non-hydrogen) atoms. The number of nitrogens with zero attached hydrogens (tertiary/aromatic N) is 4. The molecule has 0 aliphatic rings. The van der Waals surface area contributed by atoms with Crippen molar-refractivity contribution in [3.8, 4) is 17.8 Å². The molecule has 0 aliphatic heterocycles. The Morgan fingerprint density at radius 1 is 0.651 bits per heavy atom. The van der Waals surface area contributed by atoms with Gasteiger partial charge in [0.2, 0.25) is 0 Å². The Hall–Kier alpha value is -6.10. The molecule has 0 saturated carbocycles. The first-order valence-corrected chi connectivity index (χ1v) is 14.1. The molecule has 0 amide bonds. The summed E-state index contributed by atoms with van der Waals surface area (Å²) in [6.45, 7) is 6.06. The monoisotopic (exact) mass is 550 g/mol. The van der Waals surface area contributed by atoms with Crippen LogP contribution in [0.15, 0.2) is 140 Å². The lowest BCUT2D eigenvalue weighted by Gasteiger charge is -2.18. The Morgan fingerprint density at radius 3 is 1.63 bits per heavy atom.